The molecule has 3 heterocycles. The minimum atomic E-state index is -3.26. The minimum absolute atomic E-state index is 0.126. The van der Waals surface area contributed by atoms with E-state index in [9.17, 15) is 13.6 Å². The summed E-state index contributed by atoms with van der Waals surface area (Å²) in [5.41, 5.74) is 1.27. The molecule has 11 heteroatoms. The third-order valence-corrected chi connectivity index (χ3v) is 4.25. The lowest BCUT2D eigenvalue weighted by Crippen LogP contribution is -2.14. The molecule has 3 aromatic rings. The van der Waals surface area contributed by atoms with Gasteiger partial charge in [-0.2, -0.15) is 13.9 Å². The van der Waals surface area contributed by atoms with E-state index in [1.807, 2.05) is 0 Å². The number of aromatic nitrogens is 5. The highest BCUT2D eigenvalue weighted by atomic mass is 19.3. The van der Waals surface area contributed by atoms with E-state index in [4.69, 9.17) is 4.74 Å². The molecular formula is C21H25F2N7O2. The summed E-state index contributed by atoms with van der Waals surface area (Å²) in [6.45, 7) is 6.89. The summed E-state index contributed by atoms with van der Waals surface area (Å²) in [6, 6.07) is 3.07. The van der Waals surface area contributed by atoms with E-state index in [0.717, 1.165) is 6.92 Å². The number of halogens is 2. The smallest absolute Gasteiger partial charge is 0.303 e. The summed E-state index contributed by atoms with van der Waals surface area (Å²) in [7, 11) is 1.44. The Labute approximate surface area is 184 Å². The number of carbonyl (C=O) groups is 1. The zero-order chi connectivity index (χ0) is 23.5. The molecule has 0 saturated heterocycles. The van der Waals surface area contributed by atoms with Gasteiger partial charge in [0.05, 0.1) is 30.9 Å². The Bertz CT molecular complexity index is 1110. The topological polar surface area (TPSA) is 107 Å². The van der Waals surface area contributed by atoms with Crippen LogP contribution < -0.4 is 15.4 Å². The van der Waals surface area contributed by atoms with E-state index >= 15 is 0 Å². The second-order valence-electron chi connectivity index (χ2n) is 7.77. The number of methoxy groups -OCH3 is 1. The number of hydrogen-bond donors (Lipinski definition) is 2. The number of amides is 1. The molecule has 2 N–H and O–H groups in total. The Morgan fingerprint density at radius 1 is 1.22 bits per heavy atom. The van der Waals surface area contributed by atoms with E-state index in [0.29, 0.717) is 35.2 Å². The molecule has 0 aliphatic carbocycles. The second kappa shape index (κ2) is 9.25. The van der Waals surface area contributed by atoms with Crippen LogP contribution in [0.25, 0.3) is 11.3 Å². The standard InChI is InChI=1S/C21H25F2N7O2/c1-12(2)10-30-11-14(8-25-30)15-6-19(29-20(28-15)21(4,22)23)27-16-7-18(26-13(3)31)24-9-17(16)32-5/h6-9,11-12H,10H2,1-5H3,(H2,24,26,27,28,29,31). The molecular weight excluding hydrogens is 420 g/mol. The van der Waals surface area contributed by atoms with Crippen LogP contribution in [0.5, 0.6) is 5.75 Å². The maximum Gasteiger partial charge on any atom is 0.303 e. The van der Waals surface area contributed by atoms with Gasteiger partial charge in [-0.25, -0.2) is 15.0 Å². The van der Waals surface area contributed by atoms with Crippen molar-refractivity contribution in [1.82, 2.24) is 24.7 Å². The lowest BCUT2D eigenvalue weighted by atomic mass is 10.2. The summed E-state index contributed by atoms with van der Waals surface area (Å²) in [4.78, 5) is 23.5. The first kappa shape index (κ1) is 23.0. The third-order valence-electron chi connectivity index (χ3n) is 4.25. The van der Waals surface area contributed by atoms with E-state index < -0.39 is 11.7 Å². The van der Waals surface area contributed by atoms with Gasteiger partial charge in [-0.15, -0.1) is 0 Å². The van der Waals surface area contributed by atoms with Crippen molar-refractivity contribution in [3.05, 3.63) is 36.5 Å². The van der Waals surface area contributed by atoms with Crippen LogP contribution in [-0.4, -0.2) is 37.7 Å². The van der Waals surface area contributed by atoms with Crippen LogP contribution in [0.15, 0.2) is 30.7 Å². The molecule has 32 heavy (non-hydrogen) atoms. The van der Waals surface area contributed by atoms with Gasteiger partial charge in [0.1, 0.15) is 11.6 Å². The fraction of sp³-hybridized carbons (Fsp3) is 0.381. The normalized spacial score (nSPS) is 11.5. The second-order valence-corrected chi connectivity index (χ2v) is 7.77. The largest absolute Gasteiger partial charge is 0.493 e. The maximum absolute atomic E-state index is 14.1. The van der Waals surface area contributed by atoms with Crippen molar-refractivity contribution < 1.29 is 18.3 Å². The first-order chi connectivity index (χ1) is 15.0. The van der Waals surface area contributed by atoms with E-state index in [1.54, 1.807) is 23.1 Å². The van der Waals surface area contributed by atoms with Crippen molar-refractivity contribution in [3.63, 3.8) is 0 Å². The van der Waals surface area contributed by atoms with Gasteiger partial charge >= 0.3 is 5.92 Å². The van der Waals surface area contributed by atoms with Crippen molar-refractivity contribution >= 4 is 23.2 Å². The van der Waals surface area contributed by atoms with Crippen molar-refractivity contribution in [2.24, 2.45) is 5.92 Å². The molecule has 170 valence electrons. The zero-order valence-corrected chi connectivity index (χ0v) is 18.5. The van der Waals surface area contributed by atoms with Crippen LogP contribution >= 0.6 is 0 Å². The van der Waals surface area contributed by atoms with Crippen LogP contribution in [0.4, 0.5) is 26.1 Å². The highest BCUT2D eigenvalue weighted by Crippen LogP contribution is 2.32. The summed E-state index contributed by atoms with van der Waals surface area (Å²) in [5, 5.41) is 9.82. The van der Waals surface area contributed by atoms with Gasteiger partial charge in [0.25, 0.3) is 0 Å². The fourth-order valence-corrected chi connectivity index (χ4v) is 2.92. The van der Waals surface area contributed by atoms with E-state index in [1.165, 1.54) is 26.3 Å². The Hall–Kier alpha value is -3.63. The molecule has 0 spiro atoms. The molecule has 9 nitrogen and oxygen atoms in total. The summed E-state index contributed by atoms with van der Waals surface area (Å²) in [6.07, 6.45) is 4.74. The van der Waals surface area contributed by atoms with Crippen molar-refractivity contribution in [1.29, 1.82) is 0 Å². The number of alkyl halides is 2. The molecule has 3 rings (SSSR count). The Balaban J connectivity index is 2.02. The summed E-state index contributed by atoms with van der Waals surface area (Å²) in [5.74, 6) is -3.09. The average molecular weight is 445 g/mol. The van der Waals surface area contributed by atoms with E-state index in [2.05, 4.69) is 44.5 Å². The van der Waals surface area contributed by atoms with Crippen LogP contribution in [0.1, 0.15) is 33.5 Å². The van der Waals surface area contributed by atoms with Gasteiger partial charge in [0, 0.05) is 44.3 Å². The number of hydrogen-bond acceptors (Lipinski definition) is 7. The van der Waals surface area contributed by atoms with Gasteiger partial charge in [-0.1, -0.05) is 13.8 Å². The van der Waals surface area contributed by atoms with Gasteiger partial charge < -0.3 is 15.4 Å². The maximum atomic E-state index is 14.1. The molecule has 0 saturated carbocycles. The Kier molecular flexibility index (Phi) is 6.66. The van der Waals surface area contributed by atoms with Gasteiger partial charge in [-0.05, 0) is 5.92 Å². The van der Waals surface area contributed by atoms with E-state index in [-0.39, 0.29) is 17.5 Å². The van der Waals surface area contributed by atoms with Crippen molar-refractivity contribution in [3.8, 4) is 17.0 Å². The molecule has 0 bridgehead atoms. The monoisotopic (exact) mass is 445 g/mol. The predicted molar refractivity (Wildman–Crippen MR) is 116 cm³/mol. The molecule has 0 aromatic carbocycles. The molecule has 0 unspecified atom stereocenters. The number of pyridine rings is 1. The molecule has 0 atom stereocenters. The summed E-state index contributed by atoms with van der Waals surface area (Å²) < 4.78 is 35.3. The first-order valence-corrected chi connectivity index (χ1v) is 9.94. The van der Waals surface area contributed by atoms with Crippen LogP contribution in [-0.2, 0) is 17.3 Å². The van der Waals surface area contributed by atoms with Crippen LogP contribution in [0, 0.1) is 5.92 Å². The molecule has 0 radical (unpaired) electrons. The quantitative estimate of drug-likeness (QED) is 0.535. The Morgan fingerprint density at radius 3 is 2.59 bits per heavy atom. The molecule has 0 aliphatic heterocycles. The first-order valence-electron chi connectivity index (χ1n) is 9.94. The number of carbonyl (C=O) groups excluding carboxylic acids is 1. The fourth-order valence-electron chi connectivity index (χ4n) is 2.92. The lowest BCUT2D eigenvalue weighted by Gasteiger charge is -2.15. The molecule has 0 fully saturated rings. The Morgan fingerprint density at radius 2 is 1.97 bits per heavy atom. The number of nitrogens with zero attached hydrogens (tertiary/aromatic N) is 5. The molecule has 1 amide bonds. The highest BCUT2D eigenvalue weighted by molar-refractivity contribution is 5.88. The van der Waals surface area contributed by atoms with Gasteiger partial charge in [-0.3, -0.25) is 9.48 Å². The van der Waals surface area contributed by atoms with Crippen LogP contribution in [0.2, 0.25) is 0 Å². The average Bonchev–Trinajstić information content (AvgIpc) is 3.14. The zero-order valence-electron chi connectivity index (χ0n) is 18.5. The number of ether oxygens (including phenoxy) is 1. The molecule has 3 aromatic heterocycles. The number of anilines is 3. The SMILES string of the molecule is COc1cnc(NC(C)=O)cc1Nc1cc(-c2cnn(CC(C)C)c2)nc(C(C)(F)F)n1. The van der Waals surface area contributed by atoms with Crippen molar-refractivity contribution in [2.45, 2.75) is 40.2 Å². The third kappa shape index (κ3) is 5.74. The molecule has 0 aliphatic rings. The van der Waals surface area contributed by atoms with Crippen LogP contribution in [0.3, 0.4) is 0 Å². The minimum Gasteiger partial charge on any atom is -0.493 e. The number of nitrogens with one attached hydrogen (secondary N) is 2. The lowest BCUT2D eigenvalue weighted by molar-refractivity contribution is -0.114. The van der Waals surface area contributed by atoms with Gasteiger partial charge in [0.15, 0.2) is 5.75 Å². The highest BCUT2D eigenvalue weighted by Gasteiger charge is 2.29. The van der Waals surface area contributed by atoms with Crippen molar-refractivity contribution in [2.75, 3.05) is 17.7 Å². The summed E-state index contributed by atoms with van der Waals surface area (Å²) >= 11 is 0. The predicted octanol–water partition coefficient (Wildman–Crippen LogP) is 4.21. The van der Waals surface area contributed by atoms with Gasteiger partial charge in [0.2, 0.25) is 11.7 Å². The number of rotatable bonds is 8.